The molecule has 182 valence electrons. The maximum atomic E-state index is 12.0. The lowest BCUT2D eigenvalue weighted by Gasteiger charge is -2.30. The van der Waals surface area contributed by atoms with Gasteiger partial charge in [-0.2, -0.15) is 0 Å². The number of carbonyl (C=O) groups is 1. The first-order valence-corrected chi connectivity index (χ1v) is 11.2. The van der Waals surface area contributed by atoms with E-state index in [0.29, 0.717) is 25.7 Å². The summed E-state index contributed by atoms with van der Waals surface area (Å²) in [7, 11) is 5.20. The molecule has 0 saturated carbocycles. The molecule has 1 saturated heterocycles. The molecule has 1 aliphatic heterocycles. The Labute approximate surface area is 210 Å². The van der Waals surface area contributed by atoms with Crippen molar-refractivity contribution in [2.75, 3.05) is 67.1 Å². The van der Waals surface area contributed by atoms with Gasteiger partial charge in [-0.15, -0.1) is 24.0 Å². The number of nitrogens with one attached hydrogen (secondary N) is 2. The van der Waals surface area contributed by atoms with E-state index in [2.05, 4.69) is 32.7 Å². The van der Waals surface area contributed by atoms with E-state index in [4.69, 9.17) is 9.47 Å². The number of likely N-dealkylation sites (tertiary alicyclic amines) is 1. The molecular formula is C23H40IN5O3. The van der Waals surface area contributed by atoms with Crippen LogP contribution in [0.25, 0.3) is 0 Å². The number of carbonyl (C=O) groups excluding carboxylic acids is 1. The van der Waals surface area contributed by atoms with E-state index in [-0.39, 0.29) is 42.5 Å². The van der Waals surface area contributed by atoms with E-state index in [1.165, 1.54) is 18.4 Å². The van der Waals surface area contributed by atoms with Gasteiger partial charge in [0.15, 0.2) is 5.96 Å². The minimum Gasteiger partial charge on any atom is -0.496 e. The van der Waals surface area contributed by atoms with E-state index in [0.717, 1.165) is 31.8 Å². The fraction of sp³-hybridized carbons (Fsp3) is 0.652. The van der Waals surface area contributed by atoms with E-state index >= 15 is 0 Å². The molecule has 0 aromatic heterocycles. The van der Waals surface area contributed by atoms with Gasteiger partial charge in [0.1, 0.15) is 12.3 Å². The maximum Gasteiger partial charge on any atom is 0.243 e. The molecule has 9 heteroatoms. The Hall–Kier alpha value is -1.59. The number of hydrogen-bond acceptors (Lipinski definition) is 5. The zero-order chi connectivity index (χ0) is 22.5. The number of rotatable bonds is 12. The highest BCUT2D eigenvalue weighted by Gasteiger charge is 2.26. The summed E-state index contributed by atoms with van der Waals surface area (Å²) >= 11 is 0. The van der Waals surface area contributed by atoms with Gasteiger partial charge in [0, 0.05) is 46.0 Å². The van der Waals surface area contributed by atoms with Gasteiger partial charge in [0.05, 0.1) is 13.2 Å². The summed E-state index contributed by atoms with van der Waals surface area (Å²) in [6.45, 7) is 7.05. The molecule has 1 heterocycles. The molecule has 2 N–H and O–H groups in total. The number of benzene rings is 1. The monoisotopic (exact) mass is 561 g/mol. The van der Waals surface area contributed by atoms with E-state index in [1.54, 1.807) is 26.1 Å². The number of methoxy groups -OCH3 is 1. The van der Waals surface area contributed by atoms with Crippen molar-refractivity contribution in [1.82, 2.24) is 20.4 Å². The van der Waals surface area contributed by atoms with Crippen LogP contribution in [0.1, 0.15) is 37.8 Å². The minimum absolute atomic E-state index is 0. The molecule has 1 atom stereocenters. The zero-order valence-corrected chi connectivity index (χ0v) is 22.3. The van der Waals surface area contributed by atoms with Crippen LogP contribution in [-0.4, -0.2) is 88.8 Å². The number of hydrogen-bond donors (Lipinski definition) is 2. The first kappa shape index (κ1) is 28.4. The smallest absolute Gasteiger partial charge is 0.243 e. The van der Waals surface area contributed by atoms with E-state index < -0.39 is 0 Å². The van der Waals surface area contributed by atoms with Gasteiger partial charge in [-0.3, -0.25) is 9.69 Å². The Kier molecular flexibility index (Phi) is 14.3. The van der Waals surface area contributed by atoms with Crippen molar-refractivity contribution in [2.45, 2.75) is 32.2 Å². The van der Waals surface area contributed by atoms with Gasteiger partial charge in [-0.1, -0.05) is 18.2 Å². The summed E-state index contributed by atoms with van der Waals surface area (Å²) in [6.07, 6.45) is 3.29. The summed E-state index contributed by atoms with van der Waals surface area (Å²) in [4.78, 5) is 20.6. The lowest BCUT2D eigenvalue weighted by molar-refractivity contribution is -0.127. The molecule has 0 aliphatic carbocycles. The molecule has 0 radical (unpaired) electrons. The van der Waals surface area contributed by atoms with Crippen LogP contribution in [0.3, 0.4) is 0 Å². The third-order valence-corrected chi connectivity index (χ3v) is 5.38. The highest BCUT2D eigenvalue weighted by Crippen LogP contribution is 2.31. The van der Waals surface area contributed by atoms with Gasteiger partial charge in [0.25, 0.3) is 0 Å². The zero-order valence-electron chi connectivity index (χ0n) is 19.9. The average molecular weight is 562 g/mol. The van der Waals surface area contributed by atoms with Crippen molar-refractivity contribution >= 4 is 35.8 Å². The van der Waals surface area contributed by atoms with Crippen LogP contribution >= 0.6 is 24.0 Å². The van der Waals surface area contributed by atoms with Crippen LogP contribution in [0.15, 0.2) is 29.3 Å². The normalized spacial score (nSPS) is 15.1. The predicted molar refractivity (Wildman–Crippen MR) is 140 cm³/mol. The first-order chi connectivity index (χ1) is 15.1. The SMILES string of the molecule is CCOCCCNC(=NCC(=O)N(C)C)NCC(c1ccccc1OC)N1CCCC1.I. The molecule has 1 amide bonds. The van der Waals surface area contributed by atoms with Gasteiger partial charge >= 0.3 is 0 Å². The molecule has 1 fully saturated rings. The molecule has 0 spiro atoms. The van der Waals surface area contributed by atoms with Crippen molar-refractivity contribution in [3.05, 3.63) is 29.8 Å². The van der Waals surface area contributed by atoms with Crippen LogP contribution in [0, 0.1) is 0 Å². The number of halogens is 1. The molecule has 1 unspecified atom stereocenters. The number of guanidine groups is 1. The Morgan fingerprint density at radius 2 is 1.94 bits per heavy atom. The molecular weight excluding hydrogens is 521 g/mol. The molecule has 0 bridgehead atoms. The number of amides is 1. The summed E-state index contributed by atoms with van der Waals surface area (Å²) in [5.74, 6) is 1.51. The molecule has 32 heavy (non-hydrogen) atoms. The molecule has 1 aromatic carbocycles. The summed E-state index contributed by atoms with van der Waals surface area (Å²) in [5, 5.41) is 6.80. The third kappa shape index (κ3) is 9.50. The van der Waals surface area contributed by atoms with Crippen LogP contribution in [-0.2, 0) is 9.53 Å². The molecule has 1 aliphatic rings. The summed E-state index contributed by atoms with van der Waals surface area (Å²) in [6, 6.07) is 8.35. The second kappa shape index (κ2) is 16.1. The fourth-order valence-electron chi connectivity index (χ4n) is 3.61. The first-order valence-electron chi connectivity index (χ1n) is 11.2. The van der Waals surface area contributed by atoms with Crippen molar-refractivity contribution in [3.63, 3.8) is 0 Å². The lowest BCUT2D eigenvalue weighted by atomic mass is 10.0. The minimum atomic E-state index is -0.0313. The standard InChI is InChI=1S/C23H39N5O3.HI/c1-5-31-16-10-13-24-23(26-18-22(29)27(2)3)25-17-20(28-14-8-9-15-28)19-11-6-7-12-21(19)30-4;/h6-7,11-12,20H,5,8-10,13-18H2,1-4H3,(H2,24,25,26);1H. The fourth-order valence-corrected chi connectivity index (χ4v) is 3.61. The molecule has 8 nitrogen and oxygen atoms in total. The number of para-hydroxylation sites is 1. The molecule has 1 aromatic rings. The summed E-state index contributed by atoms with van der Waals surface area (Å²) in [5.41, 5.74) is 1.17. The third-order valence-electron chi connectivity index (χ3n) is 5.38. The largest absolute Gasteiger partial charge is 0.496 e. The van der Waals surface area contributed by atoms with Crippen LogP contribution in [0.4, 0.5) is 0 Å². The van der Waals surface area contributed by atoms with Crippen molar-refractivity contribution in [2.24, 2.45) is 4.99 Å². The van der Waals surface area contributed by atoms with Crippen LogP contribution in [0.5, 0.6) is 5.75 Å². The number of nitrogens with zero attached hydrogens (tertiary/aromatic N) is 3. The van der Waals surface area contributed by atoms with Crippen molar-refractivity contribution < 1.29 is 14.3 Å². The van der Waals surface area contributed by atoms with Gasteiger partial charge < -0.3 is 25.0 Å². The Balaban J connectivity index is 0.00000512. The van der Waals surface area contributed by atoms with Crippen molar-refractivity contribution in [1.29, 1.82) is 0 Å². The number of likely N-dealkylation sites (N-methyl/N-ethyl adjacent to an activating group) is 1. The lowest BCUT2D eigenvalue weighted by Crippen LogP contribution is -2.43. The number of aliphatic imine (C=N–C) groups is 1. The predicted octanol–water partition coefficient (Wildman–Crippen LogP) is 2.50. The molecule has 2 rings (SSSR count). The van der Waals surface area contributed by atoms with Gasteiger partial charge in [0.2, 0.25) is 5.91 Å². The topological polar surface area (TPSA) is 78.4 Å². The number of ether oxygens (including phenoxy) is 2. The van der Waals surface area contributed by atoms with Crippen LogP contribution < -0.4 is 15.4 Å². The summed E-state index contributed by atoms with van der Waals surface area (Å²) < 4.78 is 11.0. The highest BCUT2D eigenvalue weighted by atomic mass is 127. The van der Waals surface area contributed by atoms with Gasteiger partial charge in [-0.05, 0) is 45.3 Å². The van der Waals surface area contributed by atoms with E-state index in [9.17, 15) is 4.79 Å². The Bertz CT molecular complexity index is 696. The Morgan fingerprint density at radius 1 is 1.22 bits per heavy atom. The van der Waals surface area contributed by atoms with E-state index in [1.807, 2.05) is 19.1 Å². The second-order valence-electron chi connectivity index (χ2n) is 7.81. The van der Waals surface area contributed by atoms with Crippen LogP contribution in [0.2, 0.25) is 0 Å². The quantitative estimate of drug-likeness (QED) is 0.177. The Morgan fingerprint density at radius 3 is 2.59 bits per heavy atom. The van der Waals surface area contributed by atoms with Crippen molar-refractivity contribution in [3.8, 4) is 5.75 Å². The van der Waals surface area contributed by atoms with Gasteiger partial charge in [-0.25, -0.2) is 4.99 Å². The maximum absolute atomic E-state index is 12.0. The second-order valence-corrected chi connectivity index (χ2v) is 7.81. The highest BCUT2D eigenvalue weighted by molar-refractivity contribution is 14.0. The average Bonchev–Trinajstić information content (AvgIpc) is 3.31.